The van der Waals surface area contributed by atoms with E-state index in [0.717, 1.165) is 28.6 Å². The summed E-state index contributed by atoms with van der Waals surface area (Å²) in [6.45, 7) is 0.727. The summed E-state index contributed by atoms with van der Waals surface area (Å²) in [5.74, 6) is -1.46. The highest BCUT2D eigenvalue weighted by Gasteiger charge is 2.24. The van der Waals surface area contributed by atoms with E-state index < -0.39 is 34.3 Å². The molecule has 0 spiro atoms. The van der Waals surface area contributed by atoms with Crippen molar-refractivity contribution < 1.29 is 36.3 Å². The maximum Gasteiger partial charge on any atom is 0.341 e. The fraction of sp³-hybridized carbons (Fsp3) is 0.294. The van der Waals surface area contributed by atoms with Crippen LogP contribution >= 0.6 is 0 Å². The van der Waals surface area contributed by atoms with Crippen molar-refractivity contribution in [3.05, 3.63) is 53.2 Å². The predicted molar refractivity (Wildman–Crippen MR) is 90.8 cm³/mol. The van der Waals surface area contributed by atoms with Gasteiger partial charge < -0.3 is 13.9 Å². The molecule has 0 aliphatic rings. The van der Waals surface area contributed by atoms with Crippen molar-refractivity contribution in [2.45, 2.75) is 18.4 Å². The van der Waals surface area contributed by atoms with E-state index in [9.17, 15) is 22.4 Å². The van der Waals surface area contributed by atoms with Gasteiger partial charge in [0, 0.05) is 7.05 Å². The Morgan fingerprint density at radius 2 is 1.85 bits per heavy atom. The lowest BCUT2D eigenvalue weighted by Crippen LogP contribution is -2.33. The van der Waals surface area contributed by atoms with Crippen molar-refractivity contribution >= 4 is 22.0 Å². The number of rotatable bonds is 7. The Labute approximate surface area is 155 Å². The molecule has 0 atom stereocenters. The van der Waals surface area contributed by atoms with Crippen LogP contribution in [-0.2, 0) is 30.9 Å². The summed E-state index contributed by atoms with van der Waals surface area (Å²) in [6, 6.07) is 5.61. The molecule has 2 aromatic rings. The van der Waals surface area contributed by atoms with Crippen LogP contribution in [0.25, 0.3) is 0 Å². The molecule has 0 N–H and O–H groups in total. The van der Waals surface area contributed by atoms with Crippen molar-refractivity contribution in [1.82, 2.24) is 4.31 Å². The van der Waals surface area contributed by atoms with Crippen LogP contribution in [0.15, 0.2) is 39.6 Å². The lowest BCUT2D eigenvalue weighted by molar-refractivity contribution is -0.145. The molecule has 146 valence electrons. The summed E-state index contributed by atoms with van der Waals surface area (Å²) >= 11 is 0. The minimum atomic E-state index is -3.97. The third-order valence-corrected chi connectivity index (χ3v) is 5.44. The standard InChI is InChI=1S/C17H18FNO7S/c1-11-15(17(21)24-3)8-13(26-11)10-25-16(20)9-19(2)27(22,23)14-6-4-12(18)5-7-14/h4-8H,9-10H2,1-3H3. The number of benzene rings is 1. The number of hydrogen-bond acceptors (Lipinski definition) is 7. The second-order valence-electron chi connectivity index (χ2n) is 5.55. The van der Waals surface area contributed by atoms with Crippen LogP contribution in [0.4, 0.5) is 4.39 Å². The number of sulfonamides is 1. The summed E-state index contributed by atoms with van der Waals surface area (Å²) in [5.41, 5.74) is 0.208. The van der Waals surface area contributed by atoms with E-state index in [0.29, 0.717) is 5.76 Å². The number of carbonyl (C=O) groups is 2. The number of hydrogen-bond donors (Lipinski definition) is 0. The highest BCUT2D eigenvalue weighted by atomic mass is 32.2. The second kappa shape index (κ2) is 8.31. The fourth-order valence-corrected chi connectivity index (χ4v) is 3.29. The molecule has 0 radical (unpaired) electrons. The molecule has 0 aliphatic carbocycles. The average Bonchev–Trinajstić information content (AvgIpc) is 3.00. The smallest absolute Gasteiger partial charge is 0.341 e. The minimum absolute atomic E-state index is 0.149. The van der Waals surface area contributed by atoms with E-state index in [1.165, 1.54) is 20.2 Å². The molecule has 10 heteroatoms. The monoisotopic (exact) mass is 399 g/mol. The first-order chi connectivity index (χ1) is 12.6. The molecule has 2 rings (SSSR count). The molecule has 0 saturated heterocycles. The average molecular weight is 399 g/mol. The van der Waals surface area contributed by atoms with Gasteiger partial charge in [0.1, 0.15) is 36.1 Å². The Balaban J connectivity index is 1.97. The van der Waals surface area contributed by atoms with Gasteiger partial charge in [-0.1, -0.05) is 0 Å². The zero-order valence-electron chi connectivity index (χ0n) is 14.9. The fourth-order valence-electron chi connectivity index (χ4n) is 2.18. The van der Waals surface area contributed by atoms with Crippen LogP contribution < -0.4 is 0 Å². The van der Waals surface area contributed by atoms with Gasteiger partial charge in [-0.15, -0.1) is 0 Å². The van der Waals surface area contributed by atoms with E-state index in [1.54, 1.807) is 6.92 Å². The van der Waals surface area contributed by atoms with Gasteiger partial charge in [0.15, 0.2) is 0 Å². The lowest BCUT2D eigenvalue weighted by Gasteiger charge is -2.16. The third-order valence-electron chi connectivity index (χ3n) is 3.62. The molecule has 1 aromatic heterocycles. The van der Waals surface area contributed by atoms with Gasteiger partial charge in [-0.2, -0.15) is 4.31 Å². The zero-order chi connectivity index (χ0) is 20.2. The van der Waals surface area contributed by atoms with Gasteiger partial charge in [-0.3, -0.25) is 4.79 Å². The number of likely N-dealkylation sites (N-methyl/N-ethyl adjacent to an activating group) is 1. The topological polar surface area (TPSA) is 103 Å². The van der Waals surface area contributed by atoms with Crippen LogP contribution in [-0.4, -0.2) is 45.4 Å². The third kappa shape index (κ3) is 4.92. The number of esters is 2. The molecule has 0 aliphatic heterocycles. The summed E-state index contributed by atoms with van der Waals surface area (Å²) in [7, 11) is -1.54. The number of halogens is 1. The first-order valence-electron chi connectivity index (χ1n) is 7.70. The summed E-state index contributed by atoms with van der Waals surface area (Å²) in [5, 5.41) is 0. The van der Waals surface area contributed by atoms with Crippen LogP contribution in [0.2, 0.25) is 0 Å². The predicted octanol–water partition coefficient (Wildman–Crippen LogP) is 1.88. The number of aryl methyl sites for hydroxylation is 1. The second-order valence-corrected chi connectivity index (χ2v) is 7.59. The van der Waals surface area contributed by atoms with E-state index in [-0.39, 0.29) is 22.8 Å². The maximum absolute atomic E-state index is 12.9. The van der Waals surface area contributed by atoms with E-state index in [1.807, 2.05) is 0 Å². The van der Waals surface area contributed by atoms with E-state index in [2.05, 4.69) is 4.74 Å². The van der Waals surface area contributed by atoms with E-state index >= 15 is 0 Å². The van der Waals surface area contributed by atoms with Crippen molar-refractivity contribution in [2.24, 2.45) is 0 Å². The van der Waals surface area contributed by atoms with Crippen molar-refractivity contribution in [2.75, 3.05) is 20.7 Å². The van der Waals surface area contributed by atoms with Gasteiger partial charge in [0.05, 0.1) is 12.0 Å². The molecular formula is C17H18FNO7S. The van der Waals surface area contributed by atoms with Gasteiger partial charge in [-0.25, -0.2) is 17.6 Å². The first-order valence-corrected chi connectivity index (χ1v) is 9.14. The molecule has 27 heavy (non-hydrogen) atoms. The van der Waals surface area contributed by atoms with Crippen molar-refractivity contribution in [3.63, 3.8) is 0 Å². The maximum atomic E-state index is 12.9. The Bertz CT molecular complexity index is 935. The van der Waals surface area contributed by atoms with Crippen molar-refractivity contribution in [1.29, 1.82) is 0 Å². The quantitative estimate of drug-likeness (QED) is 0.655. The highest BCUT2D eigenvalue weighted by Crippen LogP contribution is 2.17. The van der Waals surface area contributed by atoms with Gasteiger partial charge in [0.2, 0.25) is 10.0 Å². The molecule has 0 unspecified atom stereocenters. The van der Waals surface area contributed by atoms with Crippen LogP contribution in [0.1, 0.15) is 21.9 Å². The molecule has 8 nitrogen and oxygen atoms in total. The molecule has 0 fully saturated rings. The van der Waals surface area contributed by atoms with Gasteiger partial charge in [-0.05, 0) is 37.3 Å². The van der Waals surface area contributed by atoms with Gasteiger partial charge >= 0.3 is 11.9 Å². The SMILES string of the molecule is COC(=O)c1cc(COC(=O)CN(C)S(=O)(=O)c2ccc(F)cc2)oc1C. The summed E-state index contributed by atoms with van der Waals surface area (Å²) < 4.78 is 53.3. The molecule has 0 bridgehead atoms. The van der Waals surface area contributed by atoms with Crippen LogP contribution in [0.3, 0.4) is 0 Å². The molecule has 1 heterocycles. The Hall–Kier alpha value is -2.72. The Kier molecular flexibility index (Phi) is 6.34. The number of furan rings is 1. The summed E-state index contributed by atoms with van der Waals surface area (Å²) in [4.78, 5) is 23.3. The van der Waals surface area contributed by atoms with E-state index in [4.69, 9.17) is 9.15 Å². The highest BCUT2D eigenvalue weighted by molar-refractivity contribution is 7.89. The van der Waals surface area contributed by atoms with Crippen molar-refractivity contribution in [3.8, 4) is 0 Å². The molecular weight excluding hydrogens is 381 g/mol. The Morgan fingerprint density at radius 3 is 2.44 bits per heavy atom. The summed E-state index contributed by atoms with van der Waals surface area (Å²) in [6.07, 6.45) is 0. The largest absolute Gasteiger partial charge is 0.465 e. The molecule has 0 amide bonds. The number of methoxy groups -OCH3 is 1. The van der Waals surface area contributed by atoms with Crippen LogP contribution in [0, 0.1) is 12.7 Å². The Morgan fingerprint density at radius 1 is 1.22 bits per heavy atom. The van der Waals surface area contributed by atoms with Gasteiger partial charge in [0.25, 0.3) is 0 Å². The lowest BCUT2D eigenvalue weighted by atomic mass is 10.2. The first kappa shape index (κ1) is 20.6. The number of carbonyl (C=O) groups excluding carboxylic acids is 2. The normalized spacial score (nSPS) is 11.4. The molecule has 1 aromatic carbocycles. The molecule has 0 saturated carbocycles. The minimum Gasteiger partial charge on any atom is -0.465 e. The van der Waals surface area contributed by atoms with Crippen LogP contribution in [0.5, 0.6) is 0 Å². The number of nitrogens with zero attached hydrogens (tertiary/aromatic N) is 1. The zero-order valence-corrected chi connectivity index (χ0v) is 15.7. The number of ether oxygens (including phenoxy) is 2.